The first kappa shape index (κ1) is 12.6. The normalized spacial score (nSPS) is 22.4. The number of hydrogen-bond acceptors (Lipinski definition) is 3. The van der Waals surface area contributed by atoms with Crippen LogP contribution in [0.3, 0.4) is 0 Å². The van der Waals surface area contributed by atoms with Crippen LogP contribution in [0.2, 0.25) is 0 Å². The van der Waals surface area contributed by atoms with Gasteiger partial charge in [-0.05, 0) is 49.9 Å². The lowest BCUT2D eigenvalue weighted by Gasteiger charge is -2.24. The summed E-state index contributed by atoms with van der Waals surface area (Å²) in [6.07, 6.45) is 8.91. The molecular weight excluding hydrogens is 238 g/mol. The summed E-state index contributed by atoms with van der Waals surface area (Å²) in [5, 5.41) is 3.41. The van der Waals surface area contributed by atoms with Gasteiger partial charge in [-0.2, -0.15) is 0 Å². The van der Waals surface area contributed by atoms with Crippen LogP contribution in [0.4, 0.5) is 0 Å². The summed E-state index contributed by atoms with van der Waals surface area (Å²) in [4.78, 5) is 18.5. The molecule has 0 spiro atoms. The number of aromatic nitrogens is 1. The van der Waals surface area contributed by atoms with Crippen LogP contribution in [0.25, 0.3) is 0 Å². The smallest absolute Gasteiger partial charge is 0.224 e. The van der Waals surface area contributed by atoms with Gasteiger partial charge in [-0.15, -0.1) is 0 Å². The molecule has 2 heterocycles. The molecule has 0 bridgehead atoms. The lowest BCUT2D eigenvalue weighted by atomic mass is 10.1. The minimum absolute atomic E-state index is 0.304. The average Bonchev–Trinajstić information content (AvgIpc) is 3.15. The van der Waals surface area contributed by atoms with Crippen LogP contribution < -0.4 is 5.32 Å². The zero-order chi connectivity index (χ0) is 13.1. The summed E-state index contributed by atoms with van der Waals surface area (Å²) in [7, 11) is 0. The number of amides is 1. The second-order valence-corrected chi connectivity index (χ2v) is 5.61. The molecule has 2 aliphatic rings. The van der Waals surface area contributed by atoms with Gasteiger partial charge in [-0.3, -0.25) is 9.78 Å². The summed E-state index contributed by atoms with van der Waals surface area (Å²) in [6, 6.07) is 4.86. The largest absolute Gasteiger partial charge is 0.335 e. The van der Waals surface area contributed by atoms with E-state index < -0.39 is 0 Å². The van der Waals surface area contributed by atoms with E-state index in [1.807, 2.05) is 12.1 Å². The number of rotatable bonds is 5. The third-order valence-electron chi connectivity index (χ3n) is 3.99. The van der Waals surface area contributed by atoms with Crippen molar-refractivity contribution >= 4 is 5.91 Å². The molecule has 19 heavy (non-hydrogen) atoms. The molecule has 1 aliphatic carbocycles. The predicted molar refractivity (Wildman–Crippen MR) is 73.5 cm³/mol. The number of nitrogens with zero attached hydrogens (tertiary/aromatic N) is 2. The second kappa shape index (κ2) is 5.70. The zero-order valence-corrected chi connectivity index (χ0v) is 11.2. The monoisotopic (exact) mass is 259 g/mol. The molecule has 4 heteroatoms. The Labute approximate surface area is 114 Å². The number of nitrogens with one attached hydrogen (secondary N) is 1. The van der Waals surface area contributed by atoms with Crippen molar-refractivity contribution in [2.24, 2.45) is 0 Å². The molecule has 3 rings (SSSR count). The number of carbonyl (C=O) groups is 1. The topological polar surface area (TPSA) is 45.2 Å². The van der Waals surface area contributed by atoms with E-state index in [1.165, 1.54) is 12.0 Å². The lowest BCUT2D eigenvalue weighted by molar-refractivity contribution is -0.132. The minimum atomic E-state index is 0.304. The molecule has 102 valence electrons. The first-order valence-electron chi connectivity index (χ1n) is 7.24. The number of carbonyl (C=O) groups excluding carboxylic acids is 1. The molecular formula is C15H21N3O. The van der Waals surface area contributed by atoms with Crippen LogP contribution in [-0.2, 0) is 11.3 Å². The van der Waals surface area contributed by atoms with Gasteiger partial charge in [0.15, 0.2) is 0 Å². The van der Waals surface area contributed by atoms with Crippen molar-refractivity contribution in [2.75, 3.05) is 6.54 Å². The third-order valence-corrected chi connectivity index (χ3v) is 3.99. The fraction of sp³-hybridized carbons (Fsp3) is 0.600. The Balaban J connectivity index is 1.61. The Kier molecular flexibility index (Phi) is 3.78. The summed E-state index contributed by atoms with van der Waals surface area (Å²) in [5.41, 5.74) is 1.18. The summed E-state index contributed by atoms with van der Waals surface area (Å²) >= 11 is 0. The molecule has 1 aliphatic heterocycles. The van der Waals surface area contributed by atoms with Crippen molar-refractivity contribution in [1.82, 2.24) is 15.2 Å². The van der Waals surface area contributed by atoms with E-state index in [4.69, 9.17) is 0 Å². The molecule has 1 saturated carbocycles. The lowest BCUT2D eigenvalue weighted by Crippen LogP contribution is -2.37. The fourth-order valence-electron chi connectivity index (χ4n) is 2.75. The fourth-order valence-corrected chi connectivity index (χ4v) is 2.75. The van der Waals surface area contributed by atoms with Gasteiger partial charge in [0, 0.05) is 37.4 Å². The van der Waals surface area contributed by atoms with E-state index in [2.05, 4.69) is 15.2 Å². The first-order valence-corrected chi connectivity index (χ1v) is 7.24. The summed E-state index contributed by atoms with van der Waals surface area (Å²) < 4.78 is 0. The van der Waals surface area contributed by atoms with E-state index >= 15 is 0 Å². The Morgan fingerprint density at radius 2 is 2.11 bits per heavy atom. The highest BCUT2D eigenvalue weighted by Gasteiger charge is 2.33. The Bertz CT molecular complexity index is 424. The highest BCUT2D eigenvalue weighted by atomic mass is 16.2. The van der Waals surface area contributed by atoms with Crippen molar-refractivity contribution in [1.29, 1.82) is 0 Å². The second-order valence-electron chi connectivity index (χ2n) is 5.61. The molecule has 1 aromatic rings. The first-order chi connectivity index (χ1) is 9.33. The van der Waals surface area contributed by atoms with Gasteiger partial charge < -0.3 is 10.2 Å². The van der Waals surface area contributed by atoms with E-state index in [-0.39, 0.29) is 0 Å². The van der Waals surface area contributed by atoms with Crippen LogP contribution in [0.5, 0.6) is 0 Å². The van der Waals surface area contributed by atoms with E-state index in [1.54, 1.807) is 12.4 Å². The molecule has 0 radical (unpaired) electrons. The van der Waals surface area contributed by atoms with E-state index in [9.17, 15) is 4.79 Å². The molecule has 1 N–H and O–H groups in total. The van der Waals surface area contributed by atoms with Crippen molar-refractivity contribution in [2.45, 2.75) is 50.7 Å². The quantitative estimate of drug-likeness (QED) is 0.875. The van der Waals surface area contributed by atoms with Crippen LogP contribution >= 0.6 is 0 Å². The van der Waals surface area contributed by atoms with E-state index in [0.29, 0.717) is 24.4 Å². The van der Waals surface area contributed by atoms with Crippen molar-refractivity contribution < 1.29 is 4.79 Å². The standard InChI is InChI=1S/C15H21N3O/c19-15(10-13-2-1-7-17-13)18(14-3-4-14)11-12-5-8-16-9-6-12/h5-6,8-9,13-14,17H,1-4,7,10-11H2. The number of hydrogen-bond donors (Lipinski definition) is 1. The Morgan fingerprint density at radius 1 is 1.32 bits per heavy atom. The van der Waals surface area contributed by atoms with Crippen LogP contribution in [0.1, 0.15) is 37.7 Å². The van der Waals surface area contributed by atoms with Gasteiger partial charge in [0.05, 0.1) is 0 Å². The minimum Gasteiger partial charge on any atom is -0.335 e. The van der Waals surface area contributed by atoms with Crippen LogP contribution in [0.15, 0.2) is 24.5 Å². The average molecular weight is 259 g/mol. The Morgan fingerprint density at radius 3 is 2.74 bits per heavy atom. The molecule has 0 aromatic carbocycles. The van der Waals surface area contributed by atoms with Gasteiger partial charge in [0.1, 0.15) is 0 Å². The van der Waals surface area contributed by atoms with E-state index in [0.717, 1.165) is 32.4 Å². The molecule has 1 saturated heterocycles. The third kappa shape index (κ3) is 3.32. The van der Waals surface area contributed by atoms with Crippen LogP contribution in [0, 0.1) is 0 Å². The van der Waals surface area contributed by atoms with Crippen molar-refractivity contribution in [3.8, 4) is 0 Å². The summed E-state index contributed by atoms with van der Waals surface area (Å²) in [5.74, 6) is 0.304. The zero-order valence-electron chi connectivity index (χ0n) is 11.2. The predicted octanol–water partition coefficient (Wildman–Crippen LogP) is 1.71. The van der Waals surface area contributed by atoms with Crippen LogP contribution in [-0.4, -0.2) is 34.4 Å². The maximum atomic E-state index is 12.5. The molecule has 1 aromatic heterocycles. The maximum absolute atomic E-state index is 12.5. The summed E-state index contributed by atoms with van der Waals surface area (Å²) in [6.45, 7) is 1.80. The molecule has 1 amide bonds. The molecule has 4 nitrogen and oxygen atoms in total. The van der Waals surface area contributed by atoms with Crippen molar-refractivity contribution in [3.05, 3.63) is 30.1 Å². The molecule has 1 atom stereocenters. The number of pyridine rings is 1. The highest BCUT2D eigenvalue weighted by molar-refractivity contribution is 5.77. The van der Waals surface area contributed by atoms with Gasteiger partial charge in [-0.1, -0.05) is 0 Å². The maximum Gasteiger partial charge on any atom is 0.224 e. The van der Waals surface area contributed by atoms with Crippen molar-refractivity contribution in [3.63, 3.8) is 0 Å². The SMILES string of the molecule is O=C(CC1CCCN1)N(Cc1ccncc1)C1CC1. The van der Waals surface area contributed by atoms with Gasteiger partial charge >= 0.3 is 0 Å². The van der Waals surface area contributed by atoms with Gasteiger partial charge in [0.2, 0.25) is 5.91 Å². The van der Waals surface area contributed by atoms with Gasteiger partial charge in [0.25, 0.3) is 0 Å². The molecule has 1 unspecified atom stereocenters. The molecule has 2 fully saturated rings. The van der Waals surface area contributed by atoms with Gasteiger partial charge in [-0.25, -0.2) is 0 Å². The Hall–Kier alpha value is -1.42. The highest BCUT2D eigenvalue weighted by Crippen LogP contribution is 2.29.